The number of hydrogen-bond donors (Lipinski definition) is 2. The third-order valence-electron chi connectivity index (χ3n) is 3.26. The number of nitrogens with one attached hydrogen (secondary N) is 2. The maximum Gasteiger partial charge on any atom is 0.306 e. The van der Waals surface area contributed by atoms with Gasteiger partial charge in [-0.1, -0.05) is 12.1 Å². The molecule has 0 saturated heterocycles. The summed E-state index contributed by atoms with van der Waals surface area (Å²) in [7, 11) is 0. The topological polar surface area (TPSA) is 119 Å². The normalized spacial score (nSPS) is 10.5. The lowest BCUT2D eigenvalue weighted by Crippen LogP contribution is -2.31. The van der Waals surface area contributed by atoms with Gasteiger partial charge in [-0.2, -0.15) is 5.10 Å². The van der Waals surface area contributed by atoms with Crippen molar-refractivity contribution in [3.8, 4) is 0 Å². The highest BCUT2D eigenvalue weighted by Gasteiger charge is 2.14. The summed E-state index contributed by atoms with van der Waals surface area (Å²) in [5, 5.41) is 19.9. The summed E-state index contributed by atoms with van der Waals surface area (Å²) in [6, 6.07) is 6.69. The first-order valence-electron chi connectivity index (χ1n) is 7.73. The smallest absolute Gasteiger partial charge is 0.306 e. The van der Waals surface area contributed by atoms with Crippen LogP contribution in [0.2, 0.25) is 0 Å². The van der Waals surface area contributed by atoms with Crippen molar-refractivity contribution in [1.82, 2.24) is 15.1 Å². The first-order valence-corrected chi connectivity index (χ1v) is 7.73. The van der Waals surface area contributed by atoms with Gasteiger partial charge in [0.1, 0.15) is 12.4 Å². The van der Waals surface area contributed by atoms with E-state index in [2.05, 4.69) is 15.7 Å². The van der Waals surface area contributed by atoms with Crippen LogP contribution in [0.15, 0.2) is 36.7 Å². The molecule has 2 rings (SSSR count). The van der Waals surface area contributed by atoms with Gasteiger partial charge in [0.2, 0.25) is 5.91 Å². The van der Waals surface area contributed by atoms with Crippen LogP contribution in [0.3, 0.4) is 0 Å². The average Bonchev–Trinajstić information content (AvgIpc) is 3.02. The Labute approximate surface area is 144 Å². The Kier molecular flexibility index (Phi) is 5.83. The van der Waals surface area contributed by atoms with Crippen LogP contribution < -0.4 is 10.6 Å². The van der Waals surface area contributed by atoms with Crippen molar-refractivity contribution >= 4 is 23.2 Å². The van der Waals surface area contributed by atoms with Gasteiger partial charge in [0.15, 0.2) is 0 Å². The Hall–Kier alpha value is -3.23. The number of aryl methyl sites for hydroxylation is 1. The van der Waals surface area contributed by atoms with E-state index in [0.29, 0.717) is 11.3 Å². The van der Waals surface area contributed by atoms with E-state index in [1.807, 2.05) is 13.8 Å². The lowest BCUT2D eigenvalue weighted by Gasteiger charge is -2.13. The fourth-order valence-corrected chi connectivity index (χ4v) is 2.13. The highest BCUT2D eigenvalue weighted by Crippen LogP contribution is 2.16. The minimum atomic E-state index is -0.548. The monoisotopic (exact) mass is 345 g/mol. The van der Waals surface area contributed by atoms with E-state index in [4.69, 9.17) is 0 Å². The molecule has 132 valence electrons. The van der Waals surface area contributed by atoms with E-state index in [0.717, 1.165) is 6.20 Å². The fourth-order valence-electron chi connectivity index (χ4n) is 2.13. The molecule has 9 heteroatoms. The molecule has 9 nitrogen and oxygen atoms in total. The largest absolute Gasteiger partial charge is 0.350 e. The van der Waals surface area contributed by atoms with Gasteiger partial charge in [-0.05, 0) is 26.0 Å². The number of nitrogens with zero attached hydrogens (tertiary/aromatic N) is 3. The maximum atomic E-state index is 12.2. The van der Waals surface area contributed by atoms with Crippen LogP contribution in [0.5, 0.6) is 0 Å². The lowest BCUT2D eigenvalue weighted by atomic mass is 10.1. The van der Waals surface area contributed by atoms with E-state index in [9.17, 15) is 19.7 Å². The highest BCUT2D eigenvalue weighted by molar-refractivity contribution is 6.03. The molecule has 1 heterocycles. The predicted octanol–water partition coefficient (Wildman–Crippen LogP) is 1.96. The number of amides is 2. The van der Waals surface area contributed by atoms with Crippen molar-refractivity contribution in [2.45, 2.75) is 32.9 Å². The molecule has 0 spiro atoms. The van der Waals surface area contributed by atoms with Gasteiger partial charge in [0.25, 0.3) is 5.91 Å². The second-order valence-corrected chi connectivity index (χ2v) is 5.69. The molecule has 2 amide bonds. The van der Waals surface area contributed by atoms with Crippen molar-refractivity contribution in [1.29, 1.82) is 0 Å². The van der Waals surface area contributed by atoms with Crippen molar-refractivity contribution in [2.24, 2.45) is 0 Å². The van der Waals surface area contributed by atoms with E-state index < -0.39 is 4.92 Å². The first kappa shape index (κ1) is 18.1. The van der Waals surface area contributed by atoms with Crippen LogP contribution in [0, 0.1) is 10.1 Å². The quantitative estimate of drug-likeness (QED) is 0.587. The second kappa shape index (κ2) is 8.04. The molecule has 1 aromatic carbocycles. The Morgan fingerprint density at radius 1 is 1.32 bits per heavy atom. The predicted molar refractivity (Wildman–Crippen MR) is 91.2 cm³/mol. The number of carbonyl (C=O) groups is 2. The summed E-state index contributed by atoms with van der Waals surface area (Å²) in [6.45, 7) is 3.89. The SMILES string of the molecule is CC(C)NC(=O)c1ccccc1NC(=O)CCn1cc([N+](=O)[O-])cn1. The Morgan fingerprint density at radius 2 is 2.04 bits per heavy atom. The van der Waals surface area contributed by atoms with Gasteiger partial charge in [0, 0.05) is 19.0 Å². The van der Waals surface area contributed by atoms with Crippen LogP contribution >= 0.6 is 0 Å². The number of benzene rings is 1. The molecule has 1 aromatic heterocycles. The third-order valence-corrected chi connectivity index (χ3v) is 3.26. The molecular formula is C16H19N5O4. The molecule has 0 saturated carbocycles. The first-order chi connectivity index (χ1) is 11.9. The van der Waals surface area contributed by atoms with Crippen LogP contribution in [0.1, 0.15) is 30.6 Å². The van der Waals surface area contributed by atoms with Crippen molar-refractivity contribution in [2.75, 3.05) is 5.32 Å². The molecule has 0 unspecified atom stereocenters. The van der Waals surface area contributed by atoms with Crippen LogP contribution in [0.25, 0.3) is 0 Å². The molecule has 2 aromatic rings. The number of nitro groups is 1. The molecule has 25 heavy (non-hydrogen) atoms. The molecule has 0 bridgehead atoms. The second-order valence-electron chi connectivity index (χ2n) is 5.69. The van der Waals surface area contributed by atoms with Crippen molar-refractivity contribution in [3.05, 3.63) is 52.3 Å². The van der Waals surface area contributed by atoms with Gasteiger partial charge in [-0.3, -0.25) is 24.4 Å². The molecule has 0 atom stereocenters. The van der Waals surface area contributed by atoms with E-state index in [-0.39, 0.29) is 36.5 Å². The van der Waals surface area contributed by atoms with E-state index in [1.54, 1.807) is 24.3 Å². The zero-order chi connectivity index (χ0) is 18.4. The fraction of sp³-hybridized carbons (Fsp3) is 0.312. The number of aromatic nitrogens is 2. The number of rotatable bonds is 7. The van der Waals surface area contributed by atoms with Crippen molar-refractivity contribution in [3.63, 3.8) is 0 Å². The van der Waals surface area contributed by atoms with E-state index in [1.165, 1.54) is 10.9 Å². The molecule has 0 fully saturated rings. The minimum Gasteiger partial charge on any atom is -0.350 e. The summed E-state index contributed by atoms with van der Waals surface area (Å²) in [5.41, 5.74) is 0.660. The third kappa shape index (κ3) is 5.13. The molecule has 2 N–H and O–H groups in total. The summed E-state index contributed by atoms with van der Waals surface area (Å²) in [5.74, 6) is -0.587. The number of hydrogen-bond acceptors (Lipinski definition) is 5. The van der Waals surface area contributed by atoms with Crippen molar-refractivity contribution < 1.29 is 14.5 Å². The molecule has 0 aliphatic rings. The summed E-state index contributed by atoms with van der Waals surface area (Å²) < 4.78 is 1.33. The molecule has 0 radical (unpaired) electrons. The Morgan fingerprint density at radius 3 is 2.68 bits per heavy atom. The summed E-state index contributed by atoms with van der Waals surface area (Å²) in [6.07, 6.45) is 2.46. The zero-order valence-corrected chi connectivity index (χ0v) is 13.9. The van der Waals surface area contributed by atoms with Gasteiger partial charge < -0.3 is 10.6 Å². The van der Waals surface area contributed by atoms with Gasteiger partial charge >= 0.3 is 5.69 Å². The Balaban J connectivity index is 1.98. The maximum absolute atomic E-state index is 12.2. The lowest BCUT2D eigenvalue weighted by molar-refractivity contribution is -0.385. The van der Waals surface area contributed by atoms with Crippen LogP contribution in [-0.2, 0) is 11.3 Å². The van der Waals surface area contributed by atoms with Gasteiger partial charge in [-0.15, -0.1) is 0 Å². The zero-order valence-electron chi connectivity index (χ0n) is 13.9. The number of para-hydroxylation sites is 1. The van der Waals surface area contributed by atoms with Gasteiger partial charge in [0.05, 0.1) is 16.2 Å². The van der Waals surface area contributed by atoms with E-state index >= 15 is 0 Å². The molecule has 0 aliphatic carbocycles. The van der Waals surface area contributed by atoms with Crippen LogP contribution in [-0.4, -0.2) is 32.6 Å². The minimum absolute atomic E-state index is 0.0214. The number of carbonyl (C=O) groups excluding carboxylic acids is 2. The average molecular weight is 345 g/mol. The summed E-state index contributed by atoms with van der Waals surface area (Å²) in [4.78, 5) is 34.3. The number of anilines is 1. The molecule has 0 aliphatic heterocycles. The van der Waals surface area contributed by atoms with Crippen LogP contribution in [0.4, 0.5) is 11.4 Å². The molecular weight excluding hydrogens is 326 g/mol. The Bertz CT molecular complexity index is 784. The highest BCUT2D eigenvalue weighted by atomic mass is 16.6. The van der Waals surface area contributed by atoms with Gasteiger partial charge in [-0.25, -0.2) is 0 Å². The summed E-state index contributed by atoms with van der Waals surface area (Å²) >= 11 is 0. The standard InChI is InChI=1S/C16H19N5O4/c1-11(2)18-16(23)13-5-3-4-6-14(13)19-15(22)7-8-20-10-12(9-17-20)21(24)25/h3-6,9-11H,7-8H2,1-2H3,(H,18,23)(H,19,22).